The maximum absolute atomic E-state index is 12.1. The highest BCUT2D eigenvalue weighted by atomic mass is 35.5. The van der Waals surface area contributed by atoms with Gasteiger partial charge in [0.15, 0.2) is 0 Å². The average molecular weight is 311 g/mol. The van der Waals surface area contributed by atoms with Gasteiger partial charge in [-0.1, -0.05) is 18.5 Å². The van der Waals surface area contributed by atoms with E-state index in [1.807, 2.05) is 0 Å². The average Bonchev–Trinajstić information content (AvgIpc) is 2.47. The number of carbonyl (C=O) groups is 2. The van der Waals surface area contributed by atoms with E-state index in [0.717, 1.165) is 12.8 Å². The van der Waals surface area contributed by atoms with E-state index < -0.39 is 11.8 Å². The van der Waals surface area contributed by atoms with Gasteiger partial charge in [0.05, 0.1) is 12.8 Å². The van der Waals surface area contributed by atoms with Crippen molar-refractivity contribution in [1.29, 1.82) is 0 Å². The Morgan fingerprint density at radius 2 is 2.00 bits per heavy atom. The molecule has 1 N–H and O–H groups in total. The van der Waals surface area contributed by atoms with Crippen molar-refractivity contribution >= 4 is 29.1 Å². The predicted octanol–water partition coefficient (Wildman–Crippen LogP) is 2.55. The number of nitrogens with zero attached hydrogens (tertiary/aromatic N) is 1. The van der Waals surface area contributed by atoms with Crippen LogP contribution in [0.25, 0.3) is 0 Å². The number of carbonyl (C=O) groups excluding carboxylic acids is 2. The van der Waals surface area contributed by atoms with Gasteiger partial charge < -0.3 is 15.0 Å². The topological polar surface area (TPSA) is 58.6 Å². The lowest BCUT2D eigenvalue weighted by atomic mass is 9.99. The monoisotopic (exact) mass is 310 g/mol. The summed E-state index contributed by atoms with van der Waals surface area (Å²) < 4.78 is 5.14. The van der Waals surface area contributed by atoms with Crippen molar-refractivity contribution < 1.29 is 14.3 Å². The molecule has 0 saturated carbocycles. The second-order valence-electron chi connectivity index (χ2n) is 5.27. The van der Waals surface area contributed by atoms with Crippen LogP contribution in [-0.2, 0) is 9.59 Å². The summed E-state index contributed by atoms with van der Waals surface area (Å²) in [5.74, 6) is -0.105. The summed E-state index contributed by atoms with van der Waals surface area (Å²) >= 11 is 5.90. The summed E-state index contributed by atoms with van der Waals surface area (Å²) in [6.07, 6.45) is 1.86. The lowest BCUT2D eigenvalue weighted by Gasteiger charge is -2.29. The molecule has 1 saturated heterocycles. The molecule has 1 aliphatic rings. The summed E-state index contributed by atoms with van der Waals surface area (Å²) in [6, 6.07) is 4.86. The predicted molar refractivity (Wildman–Crippen MR) is 81.6 cm³/mol. The molecule has 1 aliphatic heterocycles. The molecule has 6 heteroatoms. The van der Waals surface area contributed by atoms with Crippen LogP contribution in [0.5, 0.6) is 5.75 Å². The standard InChI is InChI=1S/C15H19ClN2O3/c1-10-5-7-18(8-6-10)15(20)14(19)17-12-9-11(16)3-4-13(12)21-2/h3-4,9-10H,5-8H2,1-2H3,(H,17,19). The van der Waals surface area contributed by atoms with Crippen molar-refractivity contribution in [3.63, 3.8) is 0 Å². The first-order chi connectivity index (χ1) is 10.0. The van der Waals surface area contributed by atoms with E-state index in [2.05, 4.69) is 12.2 Å². The van der Waals surface area contributed by atoms with Crippen molar-refractivity contribution in [1.82, 2.24) is 4.90 Å². The van der Waals surface area contributed by atoms with E-state index in [1.165, 1.54) is 7.11 Å². The molecule has 1 heterocycles. The fourth-order valence-electron chi connectivity index (χ4n) is 2.31. The highest BCUT2D eigenvalue weighted by molar-refractivity contribution is 6.40. The third kappa shape index (κ3) is 3.88. The van der Waals surface area contributed by atoms with E-state index in [9.17, 15) is 9.59 Å². The molecule has 0 radical (unpaired) electrons. The number of likely N-dealkylation sites (tertiary alicyclic amines) is 1. The Kier molecular flexibility index (Phi) is 5.07. The number of methoxy groups -OCH3 is 1. The van der Waals surface area contributed by atoms with Crippen LogP contribution < -0.4 is 10.1 Å². The van der Waals surface area contributed by atoms with Crippen molar-refractivity contribution in [2.45, 2.75) is 19.8 Å². The highest BCUT2D eigenvalue weighted by Crippen LogP contribution is 2.27. The first kappa shape index (κ1) is 15.6. The second-order valence-corrected chi connectivity index (χ2v) is 5.71. The number of rotatable bonds is 2. The smallest absolute Gasteiger partial charge is 0.314 e. The van der Waals surface area contributed by atoms with Crippen LogP contribution >= 0.6 is 11.6 Å². The van der Waals surface area contributed by atoms with Crippen LogP contribution in [0.1, 0.15) is 19.8 Å². The normalized spacial score (nSPS) is 15.7. The van der Waals surface area contributed by atoms with Crippen LogP contribution in [0.4, 0.5) is 5.69 Å². The first-order valence-electron chi connectivity index (χ1n) is 6.95. The van der Waals surface area contributed by atoms with Crippen molar-refractivity contribution in [3.8, 4) is 5.75 Å². The summed E-state index contributed by atoms with van der Waals surface area (Å²) in [6.45, 7) is 3.40. The molecular formula is C15H19ClN2O3. The molecule has 1 aromatic rings. The minimum absolute atomic E-state index is 0.397. The number of nitrogens with one attached hydrogen (secondary N) is 1. The van der Waals surface area contributed by atoms with Gasteiger partial charge in [0.25, 0.3) is 0 Å². The Morgan fingerprint density at radius 1 is 1.33 bits per heavy atom. The van der Waals surface area contributed by atoms with Crippen LogP contribution in [0.3, 0.4) is 0 Å². The van der Waals surface area contributed by atoms with Gasteiger partial charge in [-0.05, 0) is 37.0 Å². The largest absolute Gasteiger partial charge is 0.495 e. The first-order valence-corrected chi connectivity index (χ1v) is 7.33. The van der Waals surface area contributed by atoms with Gasteiger partial charge in [0, 0.05) is 18.1 Å². The van der Waals surface area contributed by atoms with Crippen molar-refractivity contribution in [2.75, 3.05) is 25.5 Å². The third-order valence-electron chi connectivity index (χ3n) is 3.67. The summed E-state index contributed by atoms with van der Waals surface area (Å²) in [7, 11) is 1.49. The maximum atomic E-state index is 12.1. The number of benzene rings is 1. The Labute approximate surface area is 129 Å². The SMILES string of the molecule is COc1ccc(Cl)cc1NC(=O)C(=O)N1CCC(C)CC1. The van der Waals surface area contributed by atoms with Gasteiger partial charge in [-0.25, -0.2) is 0 Å². The van der Waals surface area contributed by atoms with Gasteiger partial charge >= 0.3 is 11.8 Å². The Morgan fingerprint density at radius 3 is 2.62 bits per heavy atom. The van der Waals surface area contributed by atoms with E-state index in [4.69, 9.17) is 16.3 Å². The molecule has 114 valence electrons. The highest BCUT2D eigenvalue weighted by Gasteiger charge is 2.26. The zero-order chi connectivity index (χ0) is 15.4. The van der Waals surface area contributed by atoms with E-state index in [-0.39, 0.29) is 0 Å². The second kappa shape index (κ2) is 6.80. The molecule has 1 aromatic carbocycles. The minimum Gasteiger partial charge on any atom is -0.495 e. The maximum Gasteiger partial charge on any atom is 0.314 e. The lowest BCUT2D eigenvalue weighted by molar-refractivity contribution is -0.144. The summed E-state index contributed by atoms with van der Waals surface area (Å²) in [5, 5.41) is 3.03. The molecule has 0 atom stereocenters. The van der Waals surface area contributed by atoms with E-state index in [1.54, 1.807) is 23.1 Å². The number of anilines is 1. The number of hydrogen-bond donors (Lipinski definition) is 1. The zero-order valence-electron chi connectivity index (χ0n) is 12.2. The van der Waals surface area contributed by atoms with Crippen LogP contribution in [0.2, 0.25) is 5.02 Å². The summed E-state index contributed by atoms with van der Waals surface area (Å²) in [4.78, 5) is 25.8. The molecule has 2 rings (SSSR count). The van der Waals surface area contributed by atoms with Crippen LogP contribution in [-0.4, -0.2) is 36.9 Å². The molecule has 2 amide bonds. The molecular weight excluding hydrogens is 292 g/mol. The number of ether oxygens (including phenoxy) is 1. The number of halogens is 1. The molecule has 0 aromatic heterocycles. The zero-order valence-corrected chi connectivity index (χ0v) is 12.9. The molecule has 0 spiro atoms. The van der Waals surface area contributed by atoms with E-state index >= 15 is 0 Å². The van der Waals surface area contributed by atoms with Crippen molar-refractivity contribution in [2.24, 2.45) is 5.92 Å². The number of piperidine rings is 1. The van der Waals surface area contributed by atoms with Crippen molar-refractivity contribution in [3.05, 3.63) is 23.2 Å². The fourth-order valence-corrected chi connectivity index (χ4v) is 2.48. The Balaban J connectivity index is 2.04. The molecule has 0 unspecified atom stereocenters. The minimum atomic E-state index is -0.662. The molecule has 0 aliphatic carbocycles. The fraction of sp³-hybridized carbons (Fsp3) is 0.467. The lowest BCUT2D eigenvalue weighted by Crippen LogP contribution is -2.43. The molecule has 21 heavy (non-hydrogen) atoms. The van der Waals surface area contributed by atoms with Gasteiger partial charge in [0.1, 0.15) is 5.75 Å². The van der Waals surface area contributed by atoms with Gasteiger partial charge in [-0.15, -0.1) is 0 Å². The molecule has 0 bridgehead atoms. The van der Waals surface area contributed by atoms with Crippen LogP contribution in [0, 0.1) is 5.92 Å². The Hall–Kier alpha value is -1.75. The van der Waals surface area contributed by atoms with Gasteiger partial charge in [-0.2, -0.15) is 0 Å². The molecule has 5 nitrogen and oxygen atoms in total. The quantitative estimate of drug-likeness (QED) is 0.854. The van der Waals surface area contributed by atoms with Gasteiger partial charge in [0.2, 0.25) is 0 Å². The van der Waals surface area contributed by atoms with E-state index in [0.29, 0.717) is 35.5 Å². The van der Waals surface area contributed by atoms with Gasteiger partial charge in [-0.3, -0.25) is 9.59 Å². The Bertz CT molecular complexity index is 540. The number of amides is 2. The molecule has 1 fully saturated rings. The van der Waals surface area contributed by atoms with Crippen LogP contribution in [0.15, 0.2) is 18.2 Å². The number of hydrogen-bond acceptors (Lipinski definition) is 3. The third-order valence-corrected chi connectivity index (χ3v) is 3.91. The summed E-state index contributed by atoms with van der Waals surface area (Å²) in [5.41, 5.74) is 0.397.